The van der Waals surface area contributed by atoms with E-state index >= 15 is 0 Å². The molecule has 0 aliphatic carbocycles. The molecule has 19 heavy (non-hydrogen) atoms. The van der Waals surface area contributed by atoms with Crippen LogP contribution in [0.4, 0.5) is 0 Å². The van der Waals surface area contributed by atoms with Crippen LogP contribution >= 0.6 is 11.8 Å². The highest BCUT2D eigenvalue weighted by molar-refractivity contribution is 8.00. The zero-order valence-electron chi connectivity index (χ0n) is 10.5. The van der Waals surface area contributed by atoms with Crippen LogP contribution in [0.5, 0.6) is 5.75 Å². The van der Waals surface area contributed by atoms with Crippen molar-refractivity contribution in [3.8, 4) is 5.75 Å². The van der Waals surface area contributed by atoms with Gasteiger partial charge in [-0.15, -0.1) is 11.8 Å². The average Bonchev–Trinajstić information content (AvgIpc) is 2.43. The average molecular weight is 274 g/mol. The van der Waals surface area contributed by atoms with Gasteiger partial charge in [0.25, 0.3) is 0 Å². The molecule has 0 amide bonds. The number of benzene rings is 1. The van der Waals surface area contributed by atoms with Crippen LogP contribution in [0.25, 0.3) is 6.08 Å². The number of carbonyl (C=O) groups is 1. The maximum atomic E-state index is 11.2. The molecule has 2 atom stereocenters. The lowest BCUT2D eigenvalue weighted by Crippen LogP contribution is -2.29. The summed E-state index contributed by atoms with van der Waals surface area (Å²) in [6.45, 7) is 1.75. The highest BCUT2D eigenvalue weighted by Crippen LogP contribution is 2.41. The largest absolute Gasteiger partial charge is 0.481 e. The highest BCUT2D eigenvalue weighted by atomic mass is 32.2. The van der Waals surface area contributed by atoms with E-state index in [0.717, 1.165) is 28.4 Å². The van der Waals surface area contributed by atoms with Crippen molar-refractivity contribution in [3.05, 3.63) is 47.2 Å². The second-order valence-corrected chi connectivity index (χ2v) is 5.86. The Bertz CT molecular complexity index is 589. The standard InChI is InChI=1S/C15H14O3S/c1-9(15(16)17)14-11-8-10-4-2-3-5-12(10)18-13(11)6-7-19-14/h2-6,8-9,14H,7H2,1H3,(H,16,17). The third-order valence-electron chi connectivity index (χ3n) is 3.43. The van der Waals surface area contributed by atoms with E-state index in [1.165, 1.54) is 0 Å². The Kier molecular flexibility index (Phi) is 3.11. The lowest BCUT2D eigenvalue weighted by molar-refractivity contribution is -0.140. The van der Waals surface area contributed by atoms with E-state index in [4.69, 9.17) is 4.74 Å². The van der Waals surface area contributed by atoms with Crippen molar-refractivity contribution in [2.75, 3.05) is 5.75 Å². The first-order valence-electron chi connectivity index (χ1n) is 6.20. The molecule has 0 bridgehead atoms. The number of carboxylic acid groups (broad SMARTS) is 1. The lowest BCUT2D eigenvalue weighted by atomic mass is 9.94. The number of para-hydroxylation sites is 1. The van der Waals surface area contributed by atoms with Crippen molar-refractivity contribution >= 4 is 23.8 Å². The summed E-state index contributed by atoms with van der Waals surface area (Å²) in [5.41, 5.74) is 2.00. The van der Waals surface area contributed by atoms with E-state index in [1.807, 2.05) is 30.3 Å². The number of carboxylic acids is 1. The lowest BCUT2D eigenvalue weighted by Gasteiger charge is -2.31. The van der Waals surface area contributed by atoms with Crippen molar-refractivity contribution < 1.29 is 14.6 Å². The molecule has 2 aliphatic rings. The zero-order chi connectivity index (χ0) is 13.4. The molecule has 0 saturated heterocycles. The summed E-state index contributed by atoms with van der Waals surface area (Å²) >= 11 is 1.65. The van der Waals surface area contributed by atoms with Gasteiger partial charge in [0, 0.05) is 22.1 Å². The first-order valence-corrected chi connectivity index (χ1v) is 7.25. The fraction of sp³-hybridized carbons (Fsp3) is 0.267. The molecule has 2 aliphatic heterocycles. The van der Waals surface area contributed by atoms with Crippen LogP contribution in [0.2, 0.25) is 0 Å². The normalized spacial score (nSPS) is 22.3. The molecule has 0 aromatic heterocycles. The predicted octanol–water partition coefficient (Wildman–Crippen LogP) is 3.18. The highest BCUT2D eigenvalue weighted by Gasteiger charge is 2.34. The van der Waals surface area contributed by atoms with Gasteiger partial charge in [0.05, 0.1) is 5.92 Å². The fourth-order valence-electron chi connectivity index (χ4n) is 2.35. The third kappa shape index (κ3) is 2.16. The minimum Gasteiger partial charge on any atom is -0.481 e. The number of fused-ring (bicyclic) bond motifs is 2. The van der Waals surface area contributed by atoms with Crippen LogP contribution in [0, 0.1) is 5.92 Å². The molecule has 2 heterocycles. The van der Waals surface area contributed by atoms with E-state index < -0.39 is 11.9 Å². The van der Waals surface area contributed by atoms with Crippen LogP contribution in [0.15, 0.2) is 41.7 Å². The van der Waals surface area contributed by atoms with E-state index in [1.54, 1.807) is 18.7 Å². The number of ether oxygens (including phenoxy) is 1. The summed E-state index contributed by atoms with van der Waals surface area (Å²) in [4.78, 5) is 11.2. The SMILES string of the molecule is CC(C(=O)O)C1SCC=C2Oc3ccccc3C=C21. The first kappa shape index (κ1) is 12.4. The molecule has 3 rings (SSSR count). The molecule has 4 heteroatoms. The number of hydrogen-bond donors (Lipinski definition) is 1. The molecule has 98 valence electrons. The Morgan fingerprint density at radius 1 is 1.47 bits per heavy atom. The van der Waals surface area contributed by atoms with Crippen molar-refractivity contribution in [3.63, 3.8) is 0 Å². The number of rotatable bonds is 2. The van der Waals surface area contributed by atoms with Gasteiger partial charge in [-0.1, -0.05) is 25.1 Å². The van der Waals surface area contributed by atoms with E-state index in [2.05, 4.69) is 6.08 Å². The summed E-state index contributed by atoms with van der Waals surface area (Å²) in [5.74, 6) is 1.26. The van der Waals surface area contributed by atoms with Crippen molar-refractivity contribution in [1.82, 2.24) is 0 Å². The second-order valence-electron chi connectivity index (χ2n) is 4.69. The van der Waals surface area contributed by atoms with Crippen molar-refractivity contribution in [2.45, 2.75) is 12.2 Å². The van der Waals surface area contributed by atoms with E-state index in [9.17, 15) is 9.90 Å². The Balaban J connectivity index is 2.03. The van der Waals surface area contributed by atoms with Gasteiger partial charge < -0.3 is 9.84 Å². The van der Waals surface area contributed by atoms with E-state index in [0.29, 0.717) is 0 Å². The Morgan fingerprint density at radius 3 is 3.05 bits per heavy atom. The monoisotopic (exact) mass is 274 g/mol. The van der Waals surface area contributed by atoms with Gasteiger partial charge >= 0.3 is 5.97 Å². The molecule has 1 aromatic rings. The molecule has 0 spiro atoms. The molecule has 3 nitrogen and oxygen atoms in total. The summed E-state index contributed by atoms with van der Waals surface area (Å²) in [7, 11) is 0. The van der Waals surface area contributed by atoms with E-state index in [-0.39, 0.29) is 5.25 Å². The maximum absolute atomic E-state index is 11.2. The summed E-state index contributed by atoms with van der Waals surface area (Å²) in [6.07, 6.45) is 4.08. The smallest absolute Gasteiger partial charge is 0.307 e. The van der Waals surface area contributed by atoms with Crippen LogP contribution < -0.4 is 4.74 Å². The molecule has 0 fully saturated rings. The molecular weight excluding hydrogens is 260 g/mol. The Morgan fingerprint density at radius 2 is 2.26 bits per heavy atom. The molecular formula is C15H14O3S. The van der Waals surface area contributed by atoms with Gasteiger partial charge in [0.15, 0.2) is 0 Å². The maximum Gasteiger partial charge on any atom is 0.307 e. The van der Waals surface area contributed by atoms with Crippen LogP contribution in [0.3, 0.4) is 0 Å². The summed E-state index contributed by atoms with van der Waals surface area (Å²) in [5, 5.41) is 9.17. The predicted molar refractivity (Wildman–Crippen MR) is 76.2 cm³/mol. The number of thioether (sulfide) groups is 1. The number of aliphatic carboxylic acids is 1. The Labute approximate surface area is 116 Å². The van der Waals surface area contributed by atoms with Crippen LogP contribution in [-0.4, -0.2) is 22.1 Å². The minimum atomic E-state index is -0.765. The van der Waals surface area contributed by atoms with Crippen molar-refractivity contribution in [2.24, 2.45) is 5.92 Å². The number of hydrogen-bond acceptors (Lipinski definition) is 3. The third-order valence-corrected chi connectivity index (χ3v) is 4.81. The first-order chi connectivity index (χ1) is 9.16. The van der Waals surface area contributed by atoms with Gasteiger partial charge in [-0.25, -0.2) is 0 Å². The van der Waals surface area contributed by atoms with Crippen molar-refractivity contribution in [1.29, 1.82) is 0 Å². The quantitative estimate of drug-likeness (QED) is 0.899. The topological polar surface area (TPSA) is 46.5 Å². The summed E-state index contributed by atoms with van der Waals surface area (Å²) in [6, 6.07) is 7.81. The second kappa shape index (κ2) is 4.78. The number of allylic oxidation sites excluding steroid dienone is 1. The molecule has 0 radical (unpaired) electrons. The Hall–Kier alpha value is -1.68. The molecule has 1 N–H and O–H groups in total. The summed E-state index contributed by atoms with van der Waals surface area (Å²) < 4.78 is 5.88. The van der Waals surface area contributed by atoms with Gasteiger partial charge in [-0.3, -0.25) is 4.79 Å². The van der Waals surface area contributed by atoms with Gasteiger partial charge in [-0.05, 0) is 18.2 Å². The van der Waals surface area contributed by atoms with Gasteiger partial charge in [0.2, 0.25) is 0 Å². The van der Waals surface area contributed by atoms with Gasteiger partial charge in [0.1, 0.15) is 11.5 Å². The molecule has 1 aromatic carbocycles. The fourth-order valence-corrected chi connectivity index (χ4v) is 3.57. The minimum absolute atomic E-state index is 0.0501. The van der Waals surface area contributed by atoms with Crippen LogP contribution in [-0.2, 0) is 4.79 Å². The molecule has 0 saturated carbocycles. The zero-order valence-corrected chi connectivity index (χ0v) is 11.3. The van der Waals surface area contributed by atoms with Crippen LogP contribution in [0.1, 0.15) is 12.5 Å². The van der Waals surface area contributed by atoms with Gasteiger partial charge in [-0.2, -0.15) is 0 Å². The molecule has 2 unspecified atom stereocenters.